The maximum Gasteiger partial charge on any atom is 0.125 e. The van der Waals surface area contributed by atoms with Crippen molar-refractivity contribution in [3.8, 4) is 5.75 Å². The Bertz CT molecular complexity index is 588. The average molecular weight is 297 g/mol. The SMILES string of the molecule is Cc1cc(CNC(C)(C)C)cc(C)c1OCc1ccccc1. The van der Waals surface area contributed by atoms with E-state index in [4.69, 9.17) is 4.74 Å². The number of ether oxygens (including phenoxy) is 1. The molecule has 118 valence electrons. The molecule has 2 heteroatoms. The molecule has 0 saturated heterocycles. The van der Waals surface area contributed by atoms with E-state index in [1.54, 1.807) is 0 Å². The van der Waals surface area contributed by atoms with Gasteiger partial charge in [0, 0.05) is 12.1 Å². The number of aryl methyl sites for hydroxylation is 2. The van der Waals surface area contributed by atoms with Crippen LogP contribution in [0.25, 0.3) is 0 Å². The Morgan fingerprint density at radius 1 is 0.909 bits per heavy atom. The summed E-state index contributed by atoms with van der Waals surface area (Å²) in [7, 11) is 0. The lowest BCUT2D eigenvalue weighted by Gasteiger charge is -2.21. The van der Waals surface area contributed by atoms with Gasteiger partial charge in [0.1, 0.15) is 12.4 Å². The Labute approximate surface area is 134 Å². The van der Waals surface area contributed by atoms with Crippen LogP contribution in [0.4, 0.5) is 0 Å². The first kappa shape index (κ1) is 16.6. The minimum absolute atomic E-state index is 0.129. The first-order chi connectivity index (χ1) is 10.3. The van der Waals surface area contributed by atoms with Gasteiger partial charge in [-0.2, -0.15) is 0 Å². The minimum atomic E-state index is 0.129. The smallest absolute Gasteiger partial charge is 0.125 e. The van der Waals surface area contributed by atoms with Crippen molar-refractivity contribution in [2.45, 2.75) is 53.3 Å². The zero-order valence-corrected chi connectivity index (χ0v) is 14.4. The molecule has 0 aromatic heterocycles. The second-order valence-electron chi connectivity index (χ2n) is 6.94. The van der Waals surface area contributed by atoms with E-state index in [0.717, 1.165) is 12.3 Å². The predicted molar refractivity (Wildman–Crippen MR) is 93.3 cm³/mol. The molecule has 0 heterocycles. The van der Waals surface area contributed by atoms with Crippen LogP contribution in [0.15, 0.2) is 42.5 Å². The fourth-order valence-electron chi connectivity index (χ4n) is 2.47. The van der Waals surface area contributed by atoms with Crippen LogP contribution >= 0.6 is 0 Å². The molecule has 2 rings (SSSR count). The standard InChI is InChI=1S/C20H27NO/c1-15-11-18(13-21-20(3,4)5)12-16(2)19(15)22-14-17-9-7-6-8-10-17/h6-12,21H,13-14H2,1-5H3. The van der Waals surface area contributed by atoms with E-state index in [9.17, 15) is 0 Å². The summed E-state index contributed by atoms with van der Waals surface area (Å²) in [4.78, 5) is 0. The van der Waals surface area contributed by atoms with Gasteiger partial charge in [-0.05, 0) is 56.9 Å². The van der Waals surface area contributed by atoms with E-state index >= 15 is 0 Å². The molecule has 2 nitrogen and oxygen atoms in total. The number of benzene rings is 2. The highest BCUT2D eigenvalue weighted by atomic mass is 16.5. The monoisotopic (exact) mass is 297 g/mol. The molecule has 22 heavy (non-hydrogen) atoms. The van der Waals surface area contributed by atoms with E-state index in [-0.39, 0.29) is 5.54 Å². The summed E-state index contributed by atoms with van der Waals surface area (Å²) < 4.78 is 6.03. The van der Waals surface area contributed by atoms with Crippen molar-refractivity contribution in [1.29, 1.82) is 0 Å². The van der Waals surface area contributed by atoms with Gasteiger partial charge in [-0.3, -0.25) is 0 Å². The van der Waals surface area contributed by atoms with E-state index in [0.29, 0.717) is 6.61 Å². The molecule has 0 bridgehead atoms. The third kappa shape index (κ3) is 4.88. The molecule has 2 aromatic rings. The average Bonchev–Trinajstić information content (AvgIpc) is 2.44. The van der Waals surface area contributed by atoms with Crippen LogP contribution in [0, 0.1) is 13.8 Å². The van der Waals surface area contributed by atoms with Crippen molar-refractivity contribution >= 4 is 0 Å². The largest absolute Gasteiger partial charge is 0.488 e. The van der Waals surface area contributed by atoms with Crippen molar-refractivity contribution in [2.75, 3.05) is 0 Å². The van der Waals surface area contributed by atoms with Crippen LogP contribution in [-0.2, 0) is 13.2 Å². The highest BCUT2D eigenvalue weighted by Gasteiger charge is 2.11. The maximum atomic E-state index is 6.03. The van der Waals surface area contributed by atoms with Crippen LogP contribution in [0.1, 0.15) is 43.0 Å². The van der Waals surface area contributed by atoms with E-state index < -0.39 is 0 Å². The van der Waals surface area contributed by atoms with E-state index in [1.165, 1.54) is 22.3 Å². The molecule has 0 aliphatic rings. The Morgan fingerprint density at radius 3 is 2.05 bits per heavy atom. The molecule has 0 atom stereocenters. The number of hydrogen-bond acceptors (Lipinski definition) is 2. The van der Waals surface area contributed by atoms with Gasteiger partial charge in [-0.1, -0.05) is 42.5 Å². The first-order valence-electron chi connectivity index (χ1n) is 7.87. The summed E-state index contributed by atoms with van der Waals surface area (Å²) in [6, 6.07) is 14.7. The summed E-state index contributed by atoms with van der Waals surface area (Å²) in [6.45, 7) is 12.3. The van der Waals surface area contributed by atoms with Gasteiger partial charge in [-0.15, -0.1) is 0 Å². The van der Waals surface area contributed by atoms with Crippen LogP contribution in [-0.4, -0.2) is 5.54 Å². The summed E-state index contributed by atoms with van der Waals surface area (Å²) in [5.74, 6) is 1.00. The fourth-order valence-corrected chi connectivity index (χ4v) is 2.47. The van der Waals surface area contributed by atoms with Gasteiger partial charge < -0.3 is 10.1 Å². The van der Waals surface area contributed by atoms with Crippen molar-refractivity contribution in [3.63, 3.8) is 0 Å². The van der Waals surface area contributed by atoms with Crippen molar-refractivity contribution in [1.82, 2.24) is 5.32 Å². The second-order valence-corrected chi connectivity index (χ2v) is 6.94. The van der Waals surface area contributed by atoms with Gasteiger partial charge in [0.2, 0.25) is 0 Å². The predicted octanol–water partition coefficient (Wildman–Crippen LogP) is 4.77. The van der Waals surface area contributed by atoms with E-state index in [2.05, 4.69) is 64.2 Å². The Hall–Kier alpha value is -1.80. The Balaban J connectivity index is 2.06. The lowest BCUT2D eigenvalue weighted by Crippen LogP contribution is -2.35. The van der Waals surface area contributed by atoms with Crippen molar-refractivity contribution in [3.05, 3.63) is 64.7 Å². The van der Waals surface area contributed by atoms with Crippen LogP contribution in [0.3, 0.4) is 0 Å². The zero-order chi connectivity index (χ0) is 16.2. The van der Waals surface area contributed by atoms with Crippen LogP contribution < -0.4 is 10.1 Å². The molecule has 0 aliphatic carbocycles. The molecule has 0 radical (unpaired) electrons. The van der Waals surface area contributed by atoms with Gasteiger partial charge in [0.05, 0.1) is 0 Å². The van der Waals surface area contributed by atoms with E-state index in [1.807, 2.05) is 18.2 Å². The van der Waals surface area contributed by atoms with Gasteiger partial charge >= 0.3 is 0 Å². The summed E-state index contributed by atoms with van der Waals surface area (Å²) in [5, 5.41) is 3.53. The van der Waals surface area contributed by atoms with Gasteiger partial charge in [-0.25, -0.2) is 0 Å². The van der Waals surface area contributed by atoms with Crippen molar-refractivity contribution < 1.29 is 4.74 Å². The fraction of sp³-hybridized carbons (Fsp3) is 0.400. The van der Waals surface area contributed by atoms with Crippen LogP contribution in [0.2, 0.25) is 0 Å². The molecule has 2 aromatic carbocycles. The molecule has 0 unspecified atom stereocenters. The molecule has 0 saturated carbocycles. The lowest BCUT2D eigenvalue weighted by atomic mass is 10.0. The molecule has 0 amide bonds. The summed E-state index contributed by atoms with van der Waals surface area (Å²) >= 11 is 0. The minimum Gasteiger partial charge on any atom is -0.488 e. The van der Waals surface area contributed by atoms with Crippen molar-refractivity contribution in [2.24, 2.45) is 0 Å². The molecule has 1 N–H and O–H groups in total. The molecular formula is C20H27NO. The highest BCUT2D eigenvalue weighted by molar-refractivity contribution is 5.43. The van der Waals surface area contributed by atoms with Gasteiger partial charge in [0.25, 0.3) is 0 Å². The highest BCUT2D eigenvalue weighted by Crippen LogP contribution is 2.26. The number of nitrogens with one attached hydrogen (secondary N) is 1. The second kappa shape index (κ2) is 6.97. The lowest BCUT2D eigenvalue weighted by molar-refractivity contribution is 0.302. The maximum absolute atomic E-state index is 6.03. The molecule has 0 aliphatic heterocycles. The first-order valence-corrected chi connectivity index (χ1v) is 7.87. The summed E-state index contributed by atoms with van der Waals surface area (Å²) in [6.07, 6.45) is 0. The van der Waals surface area contributed by atoms with Crippen LogP contribution in [0.5, 0.6) is 5.75 Å². The summed E-state index contributed by atoms with van der Waals surface area (Å²) in [5.41, 5.74) is 5.02. The van der Waals surface area contributed by atoms with Gasteiger partial charge in [0.15, 0.2) is 0 Å². The zero-order valence-electron chi connectivity index (χ0n) is 14.4. The quantitative estimate of drug-likeness (QED) is 0.858. The molecule has 0 fully saturated rings. The Kier molecular flexibility index (Phi) is 5.25. The Morgan fingerprint density at radius 2 is 1.50 bits per heavy atom. The number of rotatable bonds is 5. The third-order valence-corrected chi connectivity index (χ3v) is 3.57. The topological polar surface area (TPSA) is 21.3 Å². The molecule has 0 spiro atoms. The normalized spacial score (nSPS) is 11.5. The third-order valence-electron chi connectivity index (χ3n) is 3.57. The number of hydrogen-bond donors (Lipinski definition) is 1. The molecular weight excluding hydrogens is 270 g/mol.